The molecule has 9 rings (SSSR count). The minimum absolute atomic E-state index is 0.0119. The third kappa shape index (κ3) is 12.5. The Bertz CT molecular complexity index is 2600. The summed E-state index contributed by atoms with van der Waals surface area (Å²) in [6.45, 7) is 6.03. The second kappa shape index (κ2) is 24.8. The molecule has 4 fully saturated rings. The Labute approximate surface area is 445 Å². The summed E-state index contributed by atoms with van der Waals surface area (Å²) in [5.41, 5.74) is 3.66. The number of oxazole rings is 2. The van der Waals surface area contributed by atoms with Crippen LogP contribution < -0.4 is 21.3 Å². The molecule has 4 heterocycles. The number of amides is 5. The average Bonchev–Trinajstić information content (AvgIpc) is 4.33. The summed E-state index contributed by atoms with van der Waals surface area (Å²) in [5, 5.41) is 12.5. The van der Waals surface area contributed by atoms with Gasteiger partial charge in [0.25, 0.3) is 11.8 Å². The van der Waals surface area contributed by atoms with Gasteiger partial charge in [0, 0.05) is 65.7 Å². The first-order valence-electron chi connectivity index (χ1n) is 27.7. The standard InChI is InChI=1S/C60H74N8O8/c1-5-37(2)54(70)66-53(42-24-16-9-17-25-42)60(74)68-34-46(31-51(68)58-65-49(36-76-58)41-22-14-8-15-23-41)63-56(72)44-28-26-43(27-29-44)55(71)62-45-30-50(57-64-48(35-75-57)40-20-12-7-13-21-40)67(33-45)59(73)47(32-52(69)38(3)61-4)39-18-10-6-11-19-39/h7-8,12-15,20-23,26-29,35-39,42,45-47,50-51,53,61H,5-6,9-11,16-19,24-25,30-34H2,1-4H3,(H,62,71)(H,63,72)(H,66,70)/t37-,38+,45+,46+,47+,50+,51+,53+/m1/s1. The first-order chi connectivity index (χ1) is 36.9. The van der Waals surface area contributed by atoms with E-state index in [0.29, 0.717) is 53.6 Å². The van der Waals surface area contributed by atoms with Crippen molar-refractivity contribution in [3.05, 3.63) is 120 Å². The third-order valence-corrected chi connectivity index (χ3v) is 16.6. The zero-order valence-corrected chi connectivity index (χ0v) is 44.4. The number of nitrogens with one attached hydrogen (secondary N) is 4. The van der Waals surface area contributed by atoms with Crippen molar-refractivity contribution in [1.82, 2.24) is 41.0 Å². The number of hydrogen-bond acceptors (Lipinski definition) is 11. The summed E-state index contributed by atoms with van der Waals surface area (Å²) in [7, 11) is 1.75. The summed E-state index contributed by atoms with van der Waals surface area (Å²) in [4.78, 5) is 98.1. The number of ketones is 1. The highest BCUT2D eigenvalue weighted by atomic mass is 16.3. The van der Waals surface area contributed by atoms with Gasteiger partial charge in [-0.25, -0.2) is 9.97 Å². The highest BCUT2D eigenvalue weighted by Gasteiger charge is 2.46. The fourth-order valence-corrected chi connectivity index (χ4v) is 11.8. The quantitative estimate of drug-likeness (QED) is 0.0613. The predicted molar refractivity (Wildman–Crippen MR) is 287 cm³/mol. The van der Waals surface area contributed by atoms with Gasteiger partial charge >= 0.3 is 0 Å². The molecule has 402 valence electrons. The summed E-state index contributed by atoms with van der Waals surface area (Å²) in [6.07, 6.45) is 14.2. The van der Waals surface area contributed by atoms with E-state index in [1.165, 1.54) is 0 Å². The zero-order chi connectivity index (χ0) is 53.3. The van der Waals surface area contributed by atoms with Gasteiger partial charge in [0.15, 0.2) is 0 Å². The number of aromatic nitrogens is 2. The van der Waals surface area contributed by atoms with Gasteiger partial charge in [0.05, 0.1) is 6.04 Å². The molecule has 2 saturated carbocycles. The Morgan fingerprint density at radius 3 is 1.54 bits per heavy atom. The van der Waals surface area contributed by atoms with Gasteiger partial charge in [-0.05, 0) is 95.0 Å². The molecule has 4 N–H and O–H groups in total. The molecule has 0 unspecified atom stereocenters. The van der Waals surface area contributed by atoms with Crippen molar-refractivity contribution in [3.63, 3.8) is 0 Å². The van der Waals surface area contributed by atoms with E-state index in [1.807, 2.05) is 81.4 Å². The van der Waals surface area contributed by atoms with Crippen LogP contribution in [0.25, 0.3) is 22.5 Å². The van der Waals surface area contributed by atoms with Crippen molar-refractivity contribution in [2.45, 2.75) is 147 Å². The van der Waals surface area contributed by atoms with Crippen LogP contribution in [0.4, 0.5) is 0 Å². The molecule has 5 amide bonds. The summed E-state index contributed by atoms with van der Waals surface area (Å²) < 4.78 is 12.2. The Balaban J connectivity index is 0.904. The maximum Gasteiger partial charge on any atom is 0.251 e. The molecule has 2 aliphatic heterocycles. The van der Waals surface area contributed by atoms with E-state index in [-0.39, 0.29) is 72.6 Å². The topological polar surface area (TPSA) is 209 Å². The van der Waals surface area contributed by atoms with E-state index in [4.69, 9.17) is 18.8 Å². The van der Waals surface area contributed by atoms with E-state index in [9.17, 15) is 28.8 Å². The summed E-state index contributed by atoms with van der Waals surface area (Å²) in [5.74, 6) is -1.25. The lowest BCUT2D eigenvalue weighted by Crippen LogP contribution is -2.54. The molecule has 2 aromatic heterocycles. The number of carbonyl (C=O) groups is 6. The Hall–Kier alpha value is -6.94. The first-order valence-corrected chi connectivity index (χ1v) is 27.7. The molecule has 3 aromatic carbocycles. The number of rotatable bonds is 19. The monoisotopic (exact) mass is 1030 g/mol. The van der Waals surface area contributed by atoms with Gasteiger partial charge in [0.2, 0.25) is 29.5 Å². The van der Waals surface area contributed by atoms with Crippen molar-refractivity contribution >= 4 is 35.3 Å². The van der Waals surface area contributed by atoms with Gasteiger partial charge in [-0.15, -0.1) is 0 Å². The lowest BCUT2D eigenvalue weighted by Gasteiger charge is -2.34. The van der Waals surface area contributed by atoms with Crippen LogP contribution in [0.3, 0.4) is 0 Å². The summed E-state index contributed by atoms with van der Waals surface area (Å²) in [6, 6.07) is 22.5. The highest BCUT2D eigenvalue weighted by Crippen LogP contribution is 2.40. The molecule has 0 spiro atoms. The Kier molecular flexibility index (Phi) is 17.6. The number of hydrogen-bond donors (Lipinski definition) is 4. The van der Waals surface area contributed by atoms with Crippen LogP contribution in [0.1, 0.15) is 155 Å². The predicted octanol–water partition coefficient (Wildman–Crippen LogP) is 9.02. The van der Waals surface area contributed by atoms with Crippen molar-refractivity contribution in [2.24, 2.45) is 23.7 Å². The van der Waals surface area contributed by atoms with Crippen molar-refractivity contribution in [3.8, 4) is 22.5 Å². The second-order valence-corrected chi connectivity index (χ2v) is 21.7. The zero-order valence-electron chi connectivity index (χ0n) is 44.4. The smallest absolute Gasteiger partial charge is 0.251 e. The van der Waals surface area contributed by atoms with Crippen LogP contribution in [0.5, 0.6) is 0 Å². The Morgan fingerprint density at radius 2 is 1.08 bits per heavy atom. The molecule has 0 bridgehead atoms. The molecule has 8 atom stereocenters. The molecule has 5 aromatic rings. The maximum atomic E-state index is 14.9. The SMILES string of the molecule is CC[C@@H](C)C(=O)N[C@H](C(=O)N1C[C@@H](NC(=O)c2ccc(C(=O)N[C@H]3C[C@@H](c4nc(-c5ccccc5)co4)N(C(=O)[C@@H](CC(=O)[C@H](C)NC)C4CCCCC4)C3)cc2)C[C@H]1c1nc(-c2ccccc2)co1)C1CCCCC1. The number of carbonyl (C=O) groups excluding carboxylic acids is 6. The average molecular weight is 1040 g/mol. The maximum absolute atomic E-state index is 14.9. The van der Waals surface area contributed by atoms with E-state index >= 15 is 0 Å². The van der Waals surface area contributed by atoms with E-state index in [0.717, 1.165) is 75.3 Å². The van der Waals surface area contributed by atoms with Crippen LogP contribution in [0, 0.1) is 23.7 Å². The van der Waals surface area contributed by atoms with Crippen LogP contribution in [0.15, 0.2) is 106 Å². The minimum Gasteiger partial charge on any atom is -0.446 e. The lowest BCUT2D eigenvalue weighted by atomic mass is 9.76. The molecular weight excluding hydrogens is 961 g/mol. The number of likely N-dealkylation sites (tertiary alicyclic amines) is 2. The molecule has 76 heavy (non-hydrogen) atoms. The van der Waals surface area contributed by atoms with E-state index < -0.39 is 42.2 Å². The van der Waals surface area contributed by atoms with Gasteiger partial charge in [-0.2, -0.15) is 0 Å². The molecule has 0 radical (unpaired) electrons. The largest absolute Gasteiger partial charge is 0.446 e. The molecule has 4 aliphatic rings. The van der Waals surface area contributed by atoms with Gasteiger partial charge in [0.1, 0.15) is 47.8 Å². The van der Waals surface area contributed by atoms with Crippen LogP contribution in [-0.2, 0) is 19.2 Å². The highest BCUT2D eigenvalue weighted by molar-refractivity contribution is 5.98. The van der Waals surface area contributed by atoms with E-state index in [2.05, 4.69) is 21.3 Å². The Morgan fingerprint density at radius 1 is 0.618 bits per heavy atom. The number of likely N-dealkylation sites (N-methyl/N-ethyl adjacent to an activating group) is 1. The number of benzene rings is 3. The molecular formula is C60H74N8O8. The molecule has 2 saturated heterocycles. The summed E-state index contributed by atoms with van der Waals surface area (Å²) >= 11 is 0. The van der Waals surface area contributed by atoms with E-state index in [1.54, 1.807) is 53.6 Å². The number of nitrogens with zero attached hydrogens (tertiary/aromatic N) is 4. The van der Waals surface area contributed by atoms with Crippen LogP contribution >= 0.6 is 0 Å². The first kappa shape index (κ1) is 53.9. The van der Waals surface area contributed by atoms with Crippen molar-refractivity contribution in [2.75, 3.05) is 20.1 Å². The third-order valence-electron chi connectivity index (χ3n) is 16.6. The molecule has 16 heteroatoms. The number of Topliss-reactive ketones (excluding diaryl/α,β-unsaturated/α-hetero) is 1. The lowest BCUT2D eigenvalue weighted by molar-refractivity contribution is -0.142. The van der Waals surface area contributed by atoms with Crippen molar-refractivity contribution < 1.29 is 37.6 Å². The van der Waals surface area contributed by atoms with Crippen LogP contribution in [-0.4, -0.2) is 99.4 Å². The van der Waals surface area contributed by atoms with Crippen LogP contribution in [0.2, 0.25) is 0 Å². The fraction of sp³-hybridized carbons (Fsp3) is 0.500. The van der Waals surface area contributed by atoms with Gasteiger partial charge in [-0.1, -0.05) is 113 Å². The van der Waals surface area contributed by atoms with Crippen molar-refractivity contribution in [1.29, 1.82) is 0 Å². The van der Waals surface area contributed by atoms with Gasteiger partial charge in [-0.3, -0.25) is 28.8 Å². The van der Waals surface area contributed by atoms with Gasteiger partial charge < -0.3 is 39.9 Å². The fourth-order valence-electron chi connectivity index (χ4n) is 11.8. The normalized spacial score (nSPS) is 21.8. The minimum atomic E-state index is -0.727. The molecule has 16 nitrogen and oxygen atoms in total. The molecule has 2 aliphatic carbocycles. The second-order valence-electron chi connectivity index (χ2n) is 21.7.